The van der Waals surface area contributed by atoms with Gasteiger partial charge in [-0.05, 0) is 74.0 Å². The average Bonchev–Trinajstić information content (AvgIpc) is 3.17. The van der Waals surface area contributed by atoms with Gasteiger partial charge in [-0.15, -0.1) is 0 Å². The van der Waals surface area contributed by atoms with E-state index in [9.17, 15) is 10.2 Å². The third-order valence-corrected chi connectivity index (χ3v) is 9.45. The molecule has 25 heavy (non-hydrogen) atoms. The van der Waals surface area contributed by atoms with Gasteiger partial charge >= 0.3 is 0 Å². The Morgan fingerprint density at radius 1 is 0.840 bits per heavy atom. The molecule has 0 bridgehead atoms. The summed E-state index contributed by atoms with van der Waals surface area (Å²) in [5.41, 5.74) is 0.334. The minimum absolute atomic E-state index is 0.0447. The Morgan fingerprint density at radius 3 is 2.32 bits per heavy atom. The molecule has 4 saturated carbocycles. The summed E-state index contributed by atoms with van der Waals surface area (Å²) in [5, 5.41) is 21.3. The van der Waals surface area contributed by atoms with Crippen LogP contribution in [0.4, 0.5) is 0 Å². The fourth-order valence-electron chi connectivity index (χ4n) is 8.09. The first-order valence-corrected chi connectivity index (χ1v) is 10.5. The molecule has 1 spiro atoms. The van der Waals surface area contributed by atoms with Crippen LogP contribution in [0.1, 0.15) is 65.2 Å². The molecule has 142 valence electrons. The second-order valence-electron chi connectivity index (χ2n) is 10.2. The highest BCUT2D eigenvalue weighted by Crippen LogP contribution is 2.69. The summed E-state index contributed by atoms with van der Waals surface area (Å²) >= 11 is 0. The molecule has 1 aliphatic heterocycles. The van der Waals surface area contributed by atoms with Crippen LogP contribution < -0.4 is 0 Å². The monoisotopic (exact) mass is 350 g/mol. The van der Waals surface area contributed by atoms with Crippen LogP contribution in [0.5, 0.6) is 0 Å². The van der Waals surface area contributed by atoms with E-state index in [0.717, 1.165) is 58.2 Å². The lowest BCUT2D eigenvalue weighted by molar-refractivity contribution is -0.256. The normalized spacial score (nSPS) is 57.1. The van der Waals surface area contributed by atoms with E-state index in [-0.39, 0.29) is 28.8 Å². The second-order valence-corrected chi connectivity index (χ2v) is 10.2. The van der Waals surface area contributed by atoms with Gasteiger partial charge in [0, 0.05) is 11.8 Å². The van der Waals surface area contributed by atoms with Crippen molar-refractivity contribution in [2.24, 2.45) is 34.5 Å². The van der Waals surface area contributed by atoms with E-state index >= 15 is 0 Å². The maximum absolute atomic E-state index is 11.2. The van der Waals surface area contributed by atoms with E-state index in [2.05, 4.69) is 13.8 Å². The second kappa shape index (κ2) is 5.43. The molecule has 0 aromatic carbocycles. The van der Waals surface area contributed by atoms with Crippen LogP contribution in [0.15, 0.2) is 0 Å². The first-order chi connectivity index (χ1) is 11.9. The number of ether oxygens (including phenoxy) is 2. The van der Waals surface area contributed by atoms with Crippen LogP contribution in [-0.2, 0) is 9.47 Å². The van der Waals surface area contributed by atoms with Crippen molar-refractivity contribution < 1.29 is 19.7 Å². The number of hydrogen-bond donors (Lipinski definition) is 2. The van der Waals surface area contributed by atoms with E-state index in [1.54, 1.807) is 0 Å². The fourth-order valence-corrected chi connectivity index (χ4v) is 8.09. The molecule has 5 aliphatic rings. The van der Waals surface area contributed by atoms with Crippen LogP contribution in [0.25, 0.3) is 0 Å². The van der Waals surface area contributed by atoms with E-state index in [4.69, 9.17) is 9.47 Å². The average molecular weight is 350 g/mol. The minimum atomic E-state index is -0.386. The maximum Gasteiger partial charge on any atom is 0.174 e. The summed E-state index contributed by atoms with van der Waals surface area (Å²) in [6.07, 6.45) is 7.85. The predicted octanol–water partition coefficient (Wildman–Crippen LogP) is 3.10. The molecule has 0 unspecified atom stereocenters. The van der Waals surface area contributed by atoms with Crippen molar-refractivity contribution in [1.29, 1.82) is 0 Å². The van der Waals surface area contributed by atoms with Gasteiger partial charge < -0.3 is 19.7 Å². The highest BCUT2D eigenvalue weighted by Gasteiger charge is 2.68. The van der Waals surface area contributed by atoms with Crippen LogP contribution >= 0.6 is 0 Å². The molecule has 0 aromatic heterocycles. The molecular weight excluding hydrogens is 316 g/mol. The molecular formula is C21H34O4. The molecule has 4 aliphatic carbocycles. The van der Waals surface area contributed by atoms with E-state index in [1.165, 1.54) is 6.42 Å². The molecule has 2 N–H and O–H groups in total. The van der Waals surface area contributed by atoms with Gasteiger partial charge in [-0.2, -0.15) is 0 Å². The Balaban J connectivity index is 1.49. The lowest BCUT2D eigenvalue weighted by Gasteiger charge is -2.62. The predicted molar refractivity (Wildman–Crippen MR) is 93.8 cm³/mol. The molecule has 0 aromatic rings. The largest absolute Gasteiger partial charge is 0.393 e. The molecule has 5 rings (SSSR count). The van der Waals surface area contributed by atoms with Gasteiger partial charge in [-0.3, -0.25) is 0 Å². The zero-order chi connectivity index (χ0) is 17.4. The lowest BCUT2D eigenvalue weighted by Crippen LogP contribution is -2.60. The quantitative estimate of drug-likeness (QED) is 0.705. The van der Waals surface area contributed by atoms with Crippen LogP contribution in [0, 0.1) is 34.5 Å². The summed E-state index contributed by atoms with van der Waals surface area (Å²) in [6, 6.07) is 0. The molecule has 1 heterocycles. The highest BCUT2D eigenvalue weighted by atomic mass is 16.7. The molecule has 4 heteroatoms. The molecule has 5 fully saturated rings. The molecule has 8 atom stereocenters. The van der Waals surface area contributed by atoms with E-state index < -0.39 is 0 Å². The summed E-state index contributed by atoms with van der Waals surface area (Å²) in [5.74, 6) is 1.56. The molecule has 0 radical (unpaired) electrons. The lowest BCUT2D eigenvalue weighted by atomic mass is 9.44. The summed E-state index contributed by atoms with van der Waals surface area (Å²) in [6.45, 7) is 6.27. The van der Waals surface area contributed by atoms with Crippen LogP contribution in [0.2, 0.25) is 0 Å². The van der Waals surface area contributed by atoms with Crippen LogP contribution in [-0.4, -0.2) is 41.4 Å². The van der Waals surface area contributed by atoms with Crippen molar-refractivity contribution >= 4 is 0 Å². The van der Waals surface area contributed by atoms with Crippen molar-refractivity contribution in [2.75, 3.05) is 13.2 Å². The molecule has 1 saturated heterocycles. The van der Waals surface area contributed by atoms with Crippen molar-refractivity contribution in [2.45, 2.75) is 83.2 Å². The molecule has 0 amide bonds. The maximum atomic E-state index is 11.2. The standard InChI is InChI=1S/C21H34O4/c1-19-6-3-14(22)11-13(19)12-17(23)18-15(19)4-7-20(2)16(18)5-8-21(20)24-9-10-25-21/h13-18,22-23H,3-12H2,1-2H3/t13-,14-,15+,16+,17-,18-,19+,20+/m1/s1. The summed E-state index contributed by atoms with van der Waals surface area (Å²) in [7, 11) is 0. The van der Waals surface area contributed by atoms with Crippen LogP contribution in [0.3, 0.4) is 0 Å². The van der Waals surface area contributed by atoms with Gasteiger partial charge in [0.15, 0.2) is 5.79 Å². The fraction of sp³-hybridized carbons (Fsp3) is 1.00. The first kappa shape index (κ1) is 17.0. The number of aliphatic hydroxyl groups is 2. The van der Waals surface area contributed by atoms with E-state index in [0.29, 0.717) is 23.7 Å². The topological polar surface area (TPSA) is 58.9 Å². The van der Waals surface area contributed by atoms with Crippen molar-refractivity contribution in [1.82, 2.24) is 0 Å². The number of hydrogen-bond acceptors (Lipinski definition) is 4. The van der Waals surface area contributed by atoms with Gasteiger partial charge in [-0.25, -0.2) is 0 Å². The van der Waals surface area contributed by atoms with E-state index in [1.807, 2.05) is 0 Å². The third kappa shape index (κ3) is 2.09. The Kier molecular flexibility index (Phi) is 3.69. The molecule has 4 nitrogen and oxygen atoms in total. The van der Waals surface area contributed by atoms with Gasteiger partial charge in [0.2, 0.25) is 0 Å². The minimum Gasteiger partial charge on any atom is -0.393 e. The number of aliphatic hydroxyl groups excluding tert-OH is 2. The van der Waals surface area contributed by atoms with Crippen molar-refractivity contribution in [3.05, 3.63) is 0 Å². The smallest absolute Gasteiger partial charge is 0.174 e. The van der Waals surface area contributed by atoms with Crippen molar-refractivity contribution in [3.8, 4) is 0 Å². The van der Waals surface area contributed by atoms with Gasteiger partial charge in [0.05, 0.1) is 25.4 Å². The summed E-state index contributed by atoms with van der Waals surface area (Å²) in [4.78, 5) is 0. The Morgan fingerprint density at radius 2 is 1.56 bits per heavy atom. The SMILES string of the molecule is C[C@]12CC[C@@H](O)C[C@@H]1C[C@@H](O)[C@@H]1[C@@H]2CC[C@@]2(C)[C@H]1CCC21OCCO1. The Bertz CT molecular complexity index is 544. The van der Waals surface area contributed by atoms with Gasteiger partial charge in [0.25, 0.3) is 0 Å². The highest BCUT2D eigenvalue weighted by molar-refractivity contribution is 5.14. The van der Waals surface area contributed by atoms with Gasteiger partial charge in [-0.1, -0.05) is 13.8 Å². The number of rotatable bonds is 0. The zero-order valence-electron chi connectivity index (χ0n) is 15.7. The third-order valence-electron chi connectivity index (χ3n) is 9.45. The summed E-state index contributed by atoms with van der Waals surface area (Å²) < 4.78 is 12.4. The Hall–Kier alpha value is -0.160. The van der Waals surface area contributed by atoms with Crippen molar-refractivity contribution in [3.63, 3.8) is 0 Å². The zero-order valence-corrected chi connectivity index (χ0v) is 15.7. The first-order valence-electron chi connectivity index (χ1n) is 10.5. The Labute approximate surface area is 151 Å². The van der Waals surface area contributed by atoms with Gasteiger partial charge in [0.1, 0.15) is 0 Å². The number of fused-ring (bicyclic) bond motifs is 6.